The fourth-order valence-corrected chi connectivity index (χ4v) is 4.24. The van der Waals surface area contributed by atoms with Crippen LogP contribution in [0.5, 0.6) is 0 Å². The van der Waals surface area contributed by atoms with Crippen LogP contribution in [0.15, 0.2) is 0 Å². The van der Waals surface area contributed by atoms with Gasteiger partial charge in [-0.2, -0.15) is 0 Å². The van der Waals surface area contributed by atoms with Crippen LogP contribution in [0.25, 0.3) is 0 Å². The summed E-state index contributed by atoms with van der Waals surface area (Å²) in [4.78, 5) is 24.0. The average Bonchev–Trinajstić information content (AvgIpc) is 2.90. The second kappa shape index (κ2) is 16.6. The molecule has 10 atom stereocenters. The van der Waals surface area contributed by atoms with Crippen molar-refractivity contribution in [2.75, 3.05) is 13.2 Å². The molecule has 2 aliphatic rings. The molecule has 2 rings (SSSR count). The maximum Gasteiger partial charge on any atom is 0.338 e. The van der Waals surface area contributed by atoms with Gasteiger partial charge in [0.2, 0.25) is 0 Å². The van der Waals surface area contributed by atoms with Crippen molar-refractivity contribution < 1.29 is 69.4 Å². The number of carbonyl (C=O) groups is 2. The lowest BCUT2D eigenvalue weighted by atomic mass is 9.99. The minimum Gasteiger partial charge on any atom is -0.464 e. The molecule has 0 aromatic heterocycles. The molecule has 2 heterocycles. The zero-order valence-electron chi connectivity index (χ0n) is 21.3. The van der Waals surface area contributed by atoms with E-state index in [1.165, 1.54) is 0 Å². The van der Waals surface area contributed by atoms with E-state index in [1.54, 1.807) is 0 Å². The van der Waals surface area contributed by atoms with Gasteiger partial charge in [0.1, 0.15) is 36.6 Å². The summed E-state index contributed by atoms with van der Waals surface area (Å²) in [5.41, 5.74) is 0. The second-order valence-corrected chi connectivity index (χ2v) is 9.71. The van der Waals surface area contributed by atoms with Crippen LogP contribution in [0.1, 0.15) is 64.2 Å². The normalized spacial score (nSPS) is 35.6. The molecule has 2 saturated heterocycles. The van der Waals surface area contributed by atoms with Crippen molar-refractivity contribution in [2.24, 2.45) is 0 Å². The number of esters is 2. The summed E-state index contributed by atoms with van der Waals surface area (Å²) >= 11 is 0. The Labute approximate surface area is 220 Å². The van der Waals surface area contributed by atoms with Crippen LogP contribution in [-0.2, 0) is 28.5 Å². The Bertz CT molecular complexity index is 650. The van der Waals surface area contributed by atoms with E-state index in [4.69, 9.17) is 18.9 Å². The summed E-state index contributed by atoms with van der Waals surface area (Å²) in [6, 6.07) is 0. The summed E-state index contributed by atoms with van der Waals surface area (Å²) in [7, 11) is 0. The highest BCUT2D eigenvalue weighted by molar-refractivity contribution is 5.76. The van der Waals surface area contributed by atoms with Gasteiger partial charge in [0.15, 0.2) is 24.8 Å². The molecule has 0 bridgehead atoms. The third kappa shape index (κ3) is 9.62. The Morgan fingerprint density at radius 3 is 1.05 bits per heavy atom. The van der Waals surface area contributed by atoms with Gasteiger partial charge in [0.25, 0.3) is 0 Å². The van der Waals surface area contributed by atoms with Gasteiger partial charge in [-0.3, -0.25) is 0 Å². The van der Waals surface area contributed by atoms with E-state index in [2.05, 4.69) is 0 Å². The molecule has 0 aromatic carbocycles. The number of carbonyl (C=O) groups excluding carboxylic acids is 2. The summed E-state index contributed by atoms with van der Waals surface area (Å²) in [6.45, 7) is 0.222. The van der Waals surface area contributed by atoms with Crippen molar-refractivity contribution in [3.05, 3.63) is 0 Å². The van der Waals surface area contributed by atoms with Gasteiger partial charge in [-0.1, -0.05) is 51.4 Å². The molecule has 0 spiro atoms. The Morgan fingerprint density at radius 2 is 0.737 bits per heavy atom. The van der Waals surface area contributed by atoms with E-state index in [1.807, 2.05) is 0 Å². The van der Waals surface area contributed by atoms with Crippen molar-refractivity contribution >= 4 is 11.9 Å². The molecule has 0 saturated carbocycles. The predicted octanol–water partition coefficient (Wildman–Crippen LogP) is -2.43. The van der Waals surface area contributed by atoms with E-state index >= 15 is 0 Å². The fraction of sp³-hybridized carbons (Fsp3) is 0.917. The molecule has 222 valence electrons. The van der Waals surface area contributed by atoms with Gasteiger partial charge in [-0.15, -0.1) is 0 Å². The number of aliphatic hydroxyl groups is 8. The topological polar surface area (TPSA) is 233 Å². The Hall–Kier alpha value is -1.46. The van der Waals surface area contributed by atoms with E-state index in [0.29, 0.717) is 12.8 Å². The lowest BCUT2D eigenvalue weighted by molar-refractivity contribution is -0.281. The highest BCUT2D eigenvalue weighted by atomic mass is 16.7. The first-order chi connectivity index (χ1) is 18.1. The molecule has 14 heteroatoms. The van der Waals surface area contributed by atoms with Crippen LogP contribution in [0.2, 0.25) is 0 Å². The number of rotatable bonds is 15. The summed E-state index contributed by atoms with van der Waals surface area (Å²) in [5, 5.41) is 76.6. The second-order valence-electron chi connectivity index (χ2n) is 9.71. The van der Waals surface area contributed by atoms with Crippen LogP contribution in [0, 0.1) is 0 Å². The number of unbranched alkanes of at least 4 members (excludes halogenated alkanes) is 9. The summed E-state index contributed by atoms with van der Waals surface area (Å²) in [5.74, 6) is -1.82. The zero-order chi connectivity index (χ0) is 28.2. The SMILES string of the molecule is O=C(OCCCCCCCCCCCCOC(=O)[C@H]1O[C@H](O)[C@H](O)[C@@H](O)[C@H]1O)[C@H]1O[C@H](O)[C@H](O)[C@@H](O)[C@H]1O. The Morgan fingerprint density at radius 1 is 0.447 bits per heavy atom. The van der Waals surface area contributed by atoms with Gasteiger partial charge in [-0.05, 0) is 12.8 Å². The first-order valence-electron chi connectivity index (χ1n) is 13.1. The number of aliphatic hydroxyl groups excluding tert-OH is 8. The van der Waals surface area contributed by atoms with Gasteiger partial charge in [0.05, 0.1) is 13.2 Å². The van der Waals surface area contributed by atoms with Crippen LogP contribution in [0.4, 0.5) is 0 Å². The van der Waals surface area contributed by atoms with Gasteiger partial charge >= 0.3 is 11.9 Å². The smallest absolute Gasteiger partial charge is 0.338 e. The fourth-order valence-electron chi connectivity index (χ4n) is 4.24. The van der Waals surface area contributed by atoms with Crippen LogP contribution in [-0.4, -0.2) is 127 Å². The molecule has 2 fully saturated rings. The van der Waals surface area contributed by atoms with Crippen molar-refractivity contribution in [1.29, 1.82) is 0 Å². The molecular formula is C24H42O14. The number of hydrogen-bond donors (Lipinski definition) is 8. The quantitative estimate of drug-likeness (QED) is 0.0777. The molecule has 14 nitrogen and oxygen atoms in total. The Kier molecular flexibility index (Phi) is 14.3. The first-order valence-corrected chi connectivity index (χ1v) is 13.1. The largest absolute Gasteiger partial charge is 0.464 e. The zero-order valence-corrected chi connectivity index (χ0v) is 21.3. The van der Waals surface area contributed by atoms with Crippen LogP contribution in [0.3, 0.4) is 0 Å². The van der Waals surface area contributed by atoms with Gasteiger partial charge < -0.3 is 59.8 Å². The molecule has 8 N–H and O–H groups in total. The number of ether oxygens (including phenoxy) is 4. The van der Waals surface area contributed by atoms with Crippen LogP contribution < -0.4 is 0 Å². The van der Waals surface area contributed by atoms with Crippen molar-refractivity contribution in [3.8, 4) is 0 Å². The minimum absolute atomic E-state index is 0.111. The Balaban J connectivity index is 1.40. The molecule has 0 unspecified atom stereocenters. The van der Waals surface area contributed by atoms with E-state index in [0.717, 1.165) is 51.4 Å². The van der Waals surface area contributed by atoms with Crippen LogP contribution >= 0.6 is 0 Å². The molecule has 0 amide bonds. The molecular weight excluding hydrogens is 512 g/mol. The highest BCUT2D eigenvalue weighted by Crippen LogP contribution is 2.22. The maximum absolute atomic E-state index is 12.0. The maximum atomic E-state index is 12.0. The average molecular weight is 555 g/mol. The van der Waals surface area contributed by atoms with E-state index in [9.17, 15) is 50.4 Å². The first kappa shape index (κ1) is 32.8. The van der Waals surface area contributed by atoms with Crippen molar-refractivity contribution in [3.63, 3.8) is 0 Å². The third-order valence-electron chi connectivity index (χ3n) is 6.67. The molecule has 0 aromatic rings. The standard InChI is InChI=1S/C24H42O14/c25-13-15(27)19(37-21(31)17(13)29)23(33)35-11-9-7-5-3-1-2-4-6-8-10-12-36-24(34)20-16(28)14(26)18(30)22(32)38-20/h13-22,25-32H,1-12H2/t13-,14-,15+,16+,17+,18+,19-,20-,21-,22-/m0/s1. The van der Waals surface area contributed by atoms with E-state index in [-0.39, 0.29) is 13.2 Å². The van der Waals surface area contributed by atoms with Gasteiger partial charge in [-0.25, -0.2) is 9.59 Å². The highest BCUT2D eigenvalue weighted by Gasteiger charge is 2.48. The van der Waals surface area contributed by atoms with E-state index < -0.39 is 73.4 Å². The predicted molar refractivity (Wildman–Crippen MR) is 126 cm³/mol. The van der Waals surface area contributed by atoms with Gasteiger partial charge in [0, 0.05) is 0 Å². The monoisotopic (exact) mass is 554 g/mol. The lowest BCUT2D eigenvalue weighted by Gasteiger charge is -2.36. The van der Waals surface area contributed by atoms with Crippen molar-refractivity contribution in [1.82, 2.24) is 0 Å². The number of hydrogen-bond acceptors (Lipinski definition) is 14. The molecule has 38 heavy (non-hydrogen) atoms. The third-order valence-corrected chi connectivity index (χ3v) is 6.67. The molecule has 0 aliphatic carbocycles. The molecule has 2 aliphatic heterocycles. The lowest BCUT2D eigenvalue weighted by Crippen LogP contribution is -2.59. The summed E-state index contributed by atoms with van der Waals surface area (Å²) < 4.78 is 19.7. The summed E-state index contributed by atoms with van der Waals surface area (Å²) in [6.07, 6.45) is -8.00. The minimum atomic E-state index is -1.79. The molecule has 0 radical (unpaired) electrons. The van der Waals surface area contributed by atoms with Crippen molar-refractivity contribution in [2.45, 2.75) is 126 Å².